The van der Waals surface area contributed by atoms with Gasteiger partial charge in [0.25, 0.3) is 0 Å². The van der Waals surface area contributed by atoms with Gasteiger partial charge in [0, 0.05) is 0 Å². The summed E-state index contributed by atoms with van der Waals surface area (Å²) in [4.78, 5) is 39.7. The zero-order valence-electron chi connectivity index (χ0n) is 16.6. The molecule has 2 amide bonds. The van der Waals surface area contributed by atoms with Gasteiger partial charge in [0.15, 0.2) is 0 Å². The smallest absolute Gasteiger partial charge is 0.343 e. The second-order valence-electron chi connectivity index (χ2n) is 8.53. The predicted molar refractivity (Wildman–Crippen MR) is 108 cm³/mol. The van der Waals surface area contributed by atoms with Crippen LogP contribution in [0.15, 0.2) is 42.5 Å². The molecule has 2 saturated carbocycles. The number of anilines is 1. The van der Waals surface area contributed by atoms with E-state index in [1.54, 1.807) is 30.3 Å². The van der Waals surface area contributed by atoms with E-state index in [0.29, 0.717) is 28.8 Å². The number of carbonyl (C=O) groups is 3. The van der Waals surface area contributed by atoms with Gasteiger partial charge >= 0.3 is 5.97 Å². The number of benzene rings is 2. The van der Waals surface area contributed by atoms with E-state index in [9.17, 15) is 14.4 Å². The lowest BCUT2D eigenvalue weighted by atomic mass is 9.81. The quantitative estimate of drug-likeness (QED) is 0.451. The van der Waals surface area contributed by atoms with Crippen LogP contribution in [0.3, 0.4) is 0 Å². The second kappa shape index (κ2) is 6.55. The first-order valence-corrected chi connectivity index (χ1v) is 10.2. The van der Waals surface area contributed by atoms with Crippen molar-refractivity contribution in [1.29, 1.82) is 0 Å². The molecule has 3 fully saturated rings. The fourth-order valence-corrected chi connectivity index (χ4v) is 5.40. The highest BCUT2D eigenvalue weighted by atomic mass is 16.5. The van der Waals surface area contributed by atoms with Crippen molar-refractivity contribution in [2.45, 2.75) is 33.1 Å². The lowest BCUT2D eigenvalue weighted by Gasteiger charge is -2.19. The largest absolute Gasteiger partial charge is 0.423 e. The predicted octanol–water partition coefficient (Wildman–Crippen LogP) is 4.06. The Morgan fingerprint density at radius 3 is 2.17 bits per heavy atom. The average Bonchev–Trinajstić information content (AvgIpc) is 3.39. The van der Waals surface area contributed by atoms with E-state index < -0.39 is 5.97 Å². The summed E-state index contributed by atoms with van der Waals surface area (Å²) in [5.74, 6) is 0.365. The van der Waals surface area contributed by atoms with Gasteiger partial charge in [-0.25, -0.2) is 4.79 Å². The lowest BCUT2D eigenvalue weighted by Crippen LogP contribution is -2.32. The number of fused-ring (bicyclic) bond motifs is 5. The van der Waals surface area contributed by atoms with Gasteiger partial charge in [0.2, 0.25) is 11.8 Å². The topological polar surface area (TPSA) is 63.7 Å². The highest BCUT2D eigenvalue weighted by Crippen LogP contribution is 2.56. The monoisotopic (exact) mass is 389 g/mol. The Morgan fingerprint density at radius 1 is 0.931 bits per heavy atom. The summed E-state index contributed by atoms with van der Waals surface area (Å²) in [6.07, 6.45) is 3.13. The molecule has 3 aliphatic rings. The number of aryl methyl sites for hydroxylation is 1. The maximum absolute atomic E-state index is 12.9. The first kappa shape index (κ1) is 18.1. The van der Waals surface area contributed by atoms with E-state index >= 15 is 0 Å². The summed E-state index contributed by atoms with van der Waals surface area (Å²) in [6, 6.07) is 12.1. The molecular weight excluding hydrogens is 366 g/mol. The minimum absolute atomic E-state index is 0.0714. The van der Waals surface area contributed by atoms with E-state index in [2.05, 4.69) is 0 Å². The van der Waals surface area contributed by atoms with Gasteiger partial charge in [-0.15, -0.1) is 0 Å². The Kier molecular flexibility index (Phi) is 4.09. The van der Waals surface area contributed by atoms with Crippen LogP contribution in [0.5, 0.6) is 5.75 Å². The molecule has 1 saturated heterocycles. The van der Waals surface area contributed by atoms with Crippen LogP contribution >= 0.6 is 0 Å². The molecule has 5 rings (SSSR count). The standard InChI is InChI=1S/C24H23NO4/c1-13-4-3-5-19(14(13)2)29-24(28)15-8-10-18(11-9-15)25-22(26)20-16-6-7-17(12-16)21(20)23(25)27/h3-5,8-11,16-17,20-21H,6-7,12H2,1-2H3/t16-,17-,20-,21+/m1/s1. The number of ether oxygens (including phenoxy) is 1. The molecule has 0 unspecified atom stereocenters. The van der Waals surface area contributed by atoms with Crippen molar-refractivity contribution in [1.82, 2.24) is 0 Å². The first-order chi connectivity index (χ1) is 14.0. The number of imide groups is 1. The maximum atomic E-state index is 12.9. The summed E-state index contributed by atoms with van der Waals surface area (Å²) in [6.45, 7) is 3.88. The van der Waals surface area contributed by atoms with Crippen LogP contribution in [0.4, 0.5) is 5.69 Å². The van der Waals surface area contributed by atoms with E-state index in [-0.39, 0.29) is 23.7 Å². The van der Waals surface area contributed by atoms with E-state index in [1.165, 1.54) is 4.90 Å². The van der Waals surface area contributed by atoms with Crippen molar-refractivity contribution < 1.29 is 19.1 Å². The number of carbonyl (C=O) groups excluding carboxylic acids is 3. The second-order valence-corrected chi connectivity index (χ2v) is 8.53. The maximum Gasteiger partial charge on any atom is 0.343 e. The molecule has 0 aromatic heterocycles. The van der Waals surface area contributed by atoms with Crippen molar-refractivity contribution in [2.24, 2.45) is 23.7 Å². The fourth-order valence-electron chi connectivity index (χ4n) is 5.40. The highest BCUT2D eigenvalue weighted by molar-refractivity contribution is 6.22. The molecule has 148 valence electrons. The Bertz CT molecular complexity index is 998. The molecule has 1 aliphatic heterocycles. The molecule has 0 radical (unpaired) electrons. The summed E-state index contributed by atoms with van der Waals surface area (Å²) in [7, 11) is 0. The van der Waals surface area contributed by atoms with Gasteiger partial charge < -0.3 is 4.74 Å². The molecule has 5 nitrogen and oxygen atoms in total. The third-order valence-corrected chi connectivity index (χ3v) is 7.05. The first-order valence-electron chi connectivity index (χ1n) is 10.2. The molecule has 1 heterocycles. The Balaban J connectivity index is 1.35. The third-order valence-electron chi connectivity index (χ3n) is 7.05. The summed E-state index contributed by atoms with van der Waals surface area (Å²) in [5.41, 5.74) is 2.90. The Labute approximate surface area is 169 Å². The molecule has 2 bridgehead atoms. The summed E-state index contributed by atoms with van der Waals surface area (Å²) < 4.78 is 5.53. The molecule has 2 aromatic rings. The lowest BCUT2D eigenvalue weighted by molar-refractivity contribution is -0.123. The molecule has 2 aromatic carbocycles. The number of rotatable bonds is 3. The fraction of sp³-hybridized carbons (Fsp3) is 0.375. The highest BCUT2D eigenvalue weighted by Gasteiger charge is 2.61. The van der Waals surface area contributed by atoms with Crippen molar-refractivity contribution >= 4 is 23.5 Å². The number of esters is 1. The van der Waals surface area contributed by atoms with Crippen LogP contribution < -0.4 is 9.64 Å². The molecule has 0 N–H and O–H groups in total. The van der Waals surface area contributed by atoms with Crippen molar-refractivity contribution in [3.63, 3.8) is 0 Å². The van der Waals surface area contributed by atoms with Gasteiger partial charge in [-0.05, 0) is 86.4 Å². The van der Waals surface area contributed by atoms with E-state index in [1.807, 2.05) is 26.0 Å². The van der Waals surface area contributed by atoms with E-state index in [4.69, 9.17) is 4.74 Å². The van der Waals surface area contributed by atoms with Gasteiger partial charge in [-0.3, -0.25) is 14.5 Å². The summed E-state index contributed by atoms with van der Waals surface area (Å²) >= 11 is 0. The van der Waals surface area contributed by atoms with E-state index in [0.717, 1.165) is 30.4 Å². The van der Waals surface area contributed by atoms with Gasteiger partial charge in [0.05, 0.1) is 23.1 Å². The molecule has 0 spiro atoms. The van der Waals surface area contributed by atoms with Crippen molar-refractivity contribution in [2.75, 3.05) is 4.90 Å². The SMILES string of the molecule is Cc1cccc(OC(=O)c2ccc(N3C(=O)[C@@H]4[C@@H]5CC[C@H](C5)[C@@H]4C3=O)cc2)c1C. The zero-order valence-corrected chi connectivity index (χ0v) is 16.6. The minimum Gasteiger partial charge on any atom is -0.423 e. The molecule has 4 atom stereocenters. The molecule has 29 heavy (non-hydrogen) atoms. The number of amides is 2. The minimum atomic E-state index is -0.459. The van der Waals surface area contributed by atoms with Crippen LogP contribution in [0.1, 0.15) is 40.7 Å². The zero-order chi connectivity index (χ0) is 20.3. The van der Waals surface area contributed by atoms with Crippen LogP contribution in [-0.4, -0.2) is 17.8 Å². The van der Waals surface area contributed by atoms with Crippen LogP contribution in [0, 0.1) is 37.5 Å². The Hall–Kier alpha value is -2.95. The van der Waals surface area contributed by atoms with Crippen LogP contribution in [0.25, 0.3) is 0 Å². The van der Waals surface area contributed by atoms with Gasteiger partial charge in [0.1, 0.15) is 5.75 Å². The van der Waals surface area contributed by atoms with Crippen molar-refractivity contribution in [3.05, 3.63) is 59.2 Å². The summed E-state index contributed by atoms with van der Waals surface area (Å²) in [5, 5.41) is 0. The molecule has 5 heteroatoms. The van der Waals surface area contributed by atoms with Gasteiger partial charge in [-0.1, -0.05) is 12.1 Å². The number of nitrogens with zero attached hydrogens (tertiary/aromatic N) is 1. The van der Waals surface area contributed by atoms with Gasteiger partial charge in [-0.2, -0.15) is 0 Å². The Morgan fingerprint density at radius 2 is 1.55 bits per heavy atom. The average molecular weight is 389 g/mol. The number of hydrogen-bond donors (Lipinski definition) is 0. The van der Waals surface area contributed by atoms with Crippen LogP contribution in [0.2, 0.25) is 0 Å². The molecular formula is C24H23NO4. The van der Waals surface area contributed by atoms with Crippen molar-refractivity contribution in [3.8, 4) is 5.75 Å². The van der Waals surface area contributed by atoms with Crippen LogP contribution in [-0.2, 0) is 9.59 Å². The third kappa shape index (κ3) is 2.71. The molecule has 2 aliphatic carbocycles. The number of hydrogen-bond acceptors (Lipinski definition) is 4. The normalized spacial score (nSPS) is 27.4.